The van der Waals surface area contributed by atoms with Crippen LogP contribution in [0.1, 0.15) is 12.0 Å². The second-order valence-electron chi connectivity index (χ2n) is 4.76. The molecule has 0 fully saturated rings. The molecule has 3 nitrogen and oxygen atoms in total. The van der Waals surface area contributed by atoms with Gasteiger partial charge in [0.25, 0.3) is 0 Å². The number of nitrogens with one attached hydrogen (secondary N) is 1. The van der Waals surface area contributed by atoms with Crippen molar-refractivity contribution < 1.29 is 9.84 Å². The molecular weight excluding hydrogens is 238 g/mol. The van der Waals surface area contributed by atoms with Crippen LogP contribution in [0.5, 0.6) is 0 Å². The fraction of sp³-hybridized carbons (Fsp3) is 0.375. The second kappa shape index (κ2) is 7.24. The predicted octanol–water partition coefficient (Wildman–Crippen LogP) is 2.33. The highest BCUT2D eigenvalue weighted by atomic mass is 16.5. The van der Waals surface area contributed by atoms with Crippen molar-refractivity contribution in [3.05, 3.63) is 48.0 Å². The lowest BCUT2D eigenvalue weighted by Gasteiger charge is -2.10. The molecule has 2 rings (SSSR count). The summed E-state index contributed by atoms with van der Waals surface area (Å²) in [6.45, 7) is 2.01. The van der Waals surface area contributed by atoms with Gasteiger partial charge in [-0.1, -0.05) is 36.4 Å². The van der Waals surface area contributed by atoms with Crippen molar-refractivity contribution in [3.63, 3.8) is 0 Å². The number of aliphatic hydroxyl groups excluding tert-OH is 1. The minimum Gasteiger partial charge on any atom is -0.391 e. The molecule has 2 aromatic rings. The van der Waals surface area contributed by atoms with Crippen LogP contribution in [-0.2, 0) is 11.3 Å². The Morgan fingerprint density at radius 1 is 1.16 bits per heavy atom. The number of fused-ring (bicyclic) bond motifs is 1. The average molecular weight is 259 g/mol. The summed E-state index contributed by atoms with van der Waals surface area (Å²) in [5.41, 5.74) is 1.26. The third kappa shape index (κ3) is 4.31. The average Bonchev–Trinajstić information content (AvgIpc) is 2.44. The van der Waals surface area contributed by atoms with Crippen molar-refractivity contribution in [2.45, 2.75) is 19.1 Å². The first-order valence-electron chi connectivity index (χ1n) is 6.65. The van der Waals surface area contributed by atoms with E-state index < -0.39 is 0 Å². The first-order chi connectivity index (χ1) is 9.29. The van der Waals surface area contributed by atoms with Crippen molar-refractivity contribution in [1.29, 1.82) is 0 Å². The van der Waals surface area contributed by atoms with Gasteiger partial charge in [-0.05, 0) is 35.4 Å². The zero-order chi connectivity index (χ0) is 13.5. The van der Waals surface area contributed by atoms with Gasteiger partial charge < -0.3 is 15.2 Å². The van der Waals surface area contributed by atoms with Gasteiger partial charge in [0.1, 0.15) is 0 Å². The van der Waals surface area contributed by atoms with E-state index in [1.54, 1.807) is 7.11 Å². The molecule has 3 heteroatoms. The van der Waals surface area contributed by atoms with Gasteiger partial charge >= 0.3 is 0 Å². The molecule has 102 valence electrons. The van der Waals surface area contributed by atoms with Gasteiger partial charge in [-0.15, -0.1) is 0 Å². The SMILES string of the molecule is COCC(O)CCNCc1ccc2ccccc2c1. The molecule has 1 atom stereocenters. The minimum absolute atomic E-state index is 0.380. The van der Waals surface area contributed by atoms with Gasteiger partial charge in [-0.25, -0.2) is 0 Å². The zero-order valence-electron chi connectivity index (χ0n) is 11.3. The number of methoxy groups -OCH3 is 1. The lowest BCUT2D eigenvalue weighted by Crippen LogP contribution is -2.22. The van der Waals surface area contributed by atoms with Crippen LogP contribution in [0.4, 0.5) is 0 Å². The molecule has 0 aromatic heterocycles. The summed E-state index contributed by atoms with van der Waals surface area (Å²) in [4.78, 5) is 0. The van der Waals surface area contributed by atoms with Crippen LogP contribution in [0.15, 0.2) is 42.5 Å². The summed E-state index contributed by atoms with van der Waals surface area (Å²) in [6.07, 6.45) is 0.329. The summed E-state index contributed by atoms with van der Waals surface area (Å²) in [7, 11) is 1.60. The Hall–Kier alpha value is -1.42. The lowest BCUT2D eigenvalue weighted by molar-refractivity contribution is 0.0594. The Balaban J connectivity index is 1.81. The maximum Gasteiger partial charge on any atom is 0.0785 e. The molecule has 0 radical (unpaired) electrons. The molecule has 1 unspecified atom stereocenters. The quantitative estimate of drug-likeness (QED) is 0.750. The number of benzene rings is 2. The molecule has 2 N–H and O–H groups in total. The molecule has 0 spiro atoms. The highest BCUT2D eigenvalue weighted by Crippen LogP contribution is 2.15. The molecule has 0 amide bonds. The van der Waals surface area contributed by atoms with Crippen molar-refractivity contribution >= 4 is 10.8 Å². The van der Waals surface area contributed by atoms with E-state index in [1.165, 1.54) is 16.3 Å². The summed E-state index contributed by atoms with van der Waals surface area (Å²) >= 11 is 0. The van der Waals surface area contributed by atoms with E-state index in [2.05, 4.69) is 47.8 Å². The van der Waals surface area contributed by atoms with Crippen LogP contribution in [-0.4, -0.2) is 31.5 Å². The molecule has 19 heavy (non-hydrogen) atoms. The minimum atomic E-state index is -0.380. The molecule has 0 aliphatic carbocycles. The predicted molar refractivity (Wildman–Crippen MR) is 78.2 cm³/mol. The Kier molecular flexibility index (Phi) is 5.33. The number of aliphatic hydroxyl groups is 1. The summed E-state index contributed by atoms with van der Waals surface area (Å²) in [5, 5.41) is 15.4. The maximum atomic E-state index is 9.52. The van der Waals surface area contributed by atoms with Gasteiger partial charge in [0.05, 0.1) is 12.7 Å². The van der Waals surface area contributed by atoms with E-state index >= 15 is 0 Å². The van der Waals surface area contributed by atoms with E-state index in [4.69, 9.17) is 4.74 Å². The number of hydrogen-bond donors (Lipinski definition) is 2. The van der Waals surface area contributed by atoms with Crippen molar-refractivity contribution in [3.8, 4) is 0 Å². The standard InChI is InChI=1S/C16H21NO2/c1-19-12-16(18)8-9-17-11-13-6-7-14-4-2-3-5-15(14)10-13/h2-7,10,16-18H,8-9,11-12H2,1H3. The number of ether oxygens (including phenoxy) is 1. The van der Waals surface area contributed by atoms with Crippen LogP contribution < -0.4 is 5.32 Å². The topological polar surface area (TPSA) is 41.5 Å². The van der Waals surface area contributed by atoms with Crippen molar-refractivity contribution in [2.24, 2.45) is 0 Å². The Morgan fingerprint density at radius 2 is 1.95 bits per heavy atom. The highest BCUT2D eigenvalue weighted by molar-refractivity contribution is 5.82. The first-order valence-corrected chi connectivity index (χ1v) is 6.65. The maximum absolute atomic E-state index is 9.52. The molecule has 0 bridgehead atoms. The van der Waals surface area contributed by atoms with Crippen LogP contribution in [0.3, 0.4) is 0 Å². The summed E-state index contributed by atoms with van der Waals surface area (Å²) < 4.78 is 4.89. The van der Waals surface area contributed by atoms with Gasteiger partial charge in [-0.2, -0.15) is 0 Å². The third-order valence-corrected chi connectivity index (χ3v) is 3.16. The van der Waals surface area contributed by atoms with E-state index in [0.717, 1.165) is 13.1 Å². The van der Waals surface area contributed by atoms with E-state index in [-0.39, 0.29) is 6.10 Å². The molecule has 0 saturated carbocycles. The van der Waals surface area contributed by atoms with Gasteiger partial charge in [0, 0.05) is 13.7 Å². The molecule has 2 aromatic carbocycles. The second-order valence-corrected chi connectivity index (χ2v) is 4.76. The monoisotopic (exact) mass is 259 g/mol. The number of hydrogen-bond acceptors (Lipinski definition) is 3. The Labute approximate surface area is 114 Å². The van der Waals surface area contributed by atoms with Crippen LogP contribution in [0.25, 0.3) is 10.8 Å². The van der Waals surface area contributed by atoms with Crippen molar-refractivity contribution in [1.82, 2.24) is 5.32 Å². The van der Waals surface area contributed by atoms with Gasteiger partial charge in [0.15, 0.2) is 0 Å². The number of rotatable bonds is 7. The zero-order valence-corrected chi connectivity index (χ0v) is 11.3. The van der Waals surface area contributed by atoms with Crippen LogP contribution in [0, 0.1) is 0 Å². The molecule has 0 saturated heterocycles. The van der Waals surface area contributed by atoms with Crippen LogP contribution in [0.2, 0.25) is 0 Å². The fourth-order valence-electron chi connectivity index (χ4n) is 2.13. The van der Waals surface area contributed by atoms with Gasteiger partial charge in [-0.3, -0.25) is 0 Å². The Morgan fingerprint density at radius 3 is 2.74 bits per heavy atom. The summed E-state index contributed by atoms with van der Waals surface area (Å²) in [6, 6.07) is 14.8. The Bertz CT molecular complexity index is 513. The van der Waals surface area contributed by atoms with Crippen LogP contribution >= 0.6 is 0 Å². The normalized spacial score (nSPS) is 12.7. The van der Waals surface area contributed by atoms with E-state index in [0.29, 0.717) is 13.0 Å². The highest BCUT2D eigenvalue weighted by Gasteiger charge is 2.02. The molecule has 0 heterocycles. The van der Waals surface area contributed by atoms with Crippen molar-refractivity contribution in [2.75, 3.05) is 20.3 Å². The van der Waals surface area contributed by atoms with Gasteiger partial charge in [0.2, 0.25) is 0 Å². The molecular formula is C16H21NO2. The first kappa shape index (κ1) is 14.0. The summed E-state index contributed by atoms with van der Waals surface area (Å²) in [5.74, 6) is 0. The largest absolute Gasteiger partial charge is 0.391 e. The molecule has 0 aliphatic heterocycles. The molecule has 0 aliphatic rings. The van der Waals surface area contributed by atoms with E-state index in [1.807, 2.05) is 0 Å². The van der Waals surface area contributed by atoms with E-state index in [9.17, 15) is 5.11 Å². The lowest BCUT2D eigenvalue weighted by atomic mass is 10.1. The fourth-order valence-corrected chi connectivity index (χ4v) is 2.13. The third-order valence-electron chi connectivity index (χ3n) is 3.16. The smallest absolute Gasteiger partial charge is 0.0785 e.